The van der Waals surface area contributed by atoms with E-state index in [2.05, 4.69) is 10.6 Å². The van der Waals surface area contributed by atoms with Crippen LogP contribution in [0.15, 0.2) is 12.1 Å². The minimum Gasteiger partial charge on any atom is -0.348 e. The SMILES string of the molecule is C[C@H]1NCCC[C@H]1NC(=O)c1ccc(F)c(F)c1F. The normalized spacial score (nSPS) is 23.2. The van der Waals surface area contributed by atoms with E-state index in [1.165, 1.54) is 0 Å². The molecule has 1 heterocycles. The molecule has 6 heteroatoms. The zero-order valence-corrected chi connectivity index (χ0v) is 10.5. The van der Waals surface area contributed by atoms with Crippen molar-refractivity contribution in [2.45, 2.75) is 31.8 Å². The molecule has 1 saturated heterocycles. The second-order valence-electron chi connectivity index (χ2n) is 4.69. The molecule has 0 aromatic heterocycles. The second kappa shape index (κ2) is 5.61. The molecular weight excluding hydrogens is 257 g/mol. The van der Waals surface area contributed by atoms with Gasteiger partial charge in [-0.2, -0.15) is 0 Å². The summed E-state index contributed by atoms with van der Waals surface area (Å²) in [5, 5.41) is 5.82. The van der Waals surface area contributed by atoms with Gasteiger partial charge in [-0.05, 0) is 38.4 Å². The van der Waals surface area contributed by atoms with E-state index in [1.807, 2.05) is 6.92 Å². The van der Waals surface area contributed by atoms with Gasteiger partial charge in [0.1, 0.15) is 0 Å². The molecule has 2 N–H and O–H groups in total. The van der Waals surface area contributed by atoms with Crippen LogP contribution >= 0.6 is 0 Å². The summed E-state index contributed by atoms with van der Waals surface area (Å²) < 4.78 is 39.3. The first kappa shape index (κ1) is 13.9. The zero-order chi connectivity index (χ0) is 14.0. The van der Waals surface area contributed by atoms with Crippen LogP contribution in [0, 0.1) is 17.5 Å². The van der Waals surface area contributed by atoms with Crippen molar-refractivity contribution in [2.24, 2.45) is 0 Å². The molecule has 19 heavy (non-hydrogen) atoms. The third-order valence-electron chi connectivity index (χ3n) is 3.36. The van der Waals surface area contributed by atoms with Crippen LogP contribution in [0.3, 0.4) is 0 Å². The van der Waals surface area contributed by atoms with Gasteiger partial charge in [0.2, 0.25) is 0 Å². The number of carbonyl (C=O) groups excluding carboxylic acids is 1. The monoisotopic (exact) mass is 272 g/mol. The maximum absolute atomic E-state index is 13.5. The van der Waals surface area contributed by atoms with Gasteiger partial charge in [0.25, 0.3) is 5.91 Å². The van der Waals surface area contributed by atoms with Gasteiger partial charge in [-0.1, -0.05) is 0 Å². The van der Waals surface area contributed by atoms with Crippen molar-refractivity contribution < 1.29 is 18.0 Å². The Morgan fingerprint density at radius 3 is 2.74 bits per heavy atom. The molecule has 1 aromatic carbocycles. The van der Waals surface area contributed by atoms with Crippen molar-refractivity contribution >= 4 is 5.91 Å². The summed E-state index contributed by atoms with van der Waals surface area (Å²) in [5.41, 5.74) is -0.475. The lowest BCUT2D eigenvalue weighted by Crippen LogP contribution is -2.52. The quantitative estimate of drug-likeness (QED) is 0.808. The number of piperidine rings is 1. The molecular formula is C13H15F3N2O. The van der Waals surface area contributed by atoms with Crippen LogP contribution in [0.4, 0.5) is 13.2 Å². The van der Waals surface area contributed by atoms with E-state index in [1.54, 1.807) is 0 Å². The first-order valence-corrected chi connectivity index (χ1v) is 6.18. The molecule has 2 atom stereocenters. The van der Waals surface area contributed by atoms with Gasteiger partial charge >= 0.3 is 0 Å². The number of halogens is 3. The van der Waals surface area contributed by atoms with E-state index in [4.69, 9.17) is 0 Å². The first-order valence-electron chi connectivity index (χ1n) is 6.18. The summed E-state index contributed by atoms with van der Waals surface area (Å²) in [5.74, 6) is -5.10. The van der Waals surface area contributed by atoms with E-state index in [0.29, 0.717) is 0 Å². The lowest BCUT2D eigenvalue weighted by atomic mass is 9.99. The number of rotatable bonds is 2. The minimum atomic E-state index is -1.62. The van der Waals surface area contributed by atoms with Crippen LogP contribution in [0.2, 0.25) is 0 Å². The Kier molecular flexibility index (Phi) is 4.09. The number of nitrogens with one attached hydrogen (secondary N) is 2. The van der Waals surface area contributed by atoms with E-state index in [0.717, 1.165) is 31.5 Å². The van der Waals surface area contributed by atoms with Crippen molar-refractivity contribution in [3.8, 4) is 0 Å². The molecule has 0 aliphatic carbocycles. The molecule has 0 radical (unpaired) electrons. The van der Waals surface area contributed by atoms with Gasteiger partial charge in [-0.25, -0.2) is 13.2 Å². The van der Waals surface area contributed by atoms with Crippen LogP contribution in [0.25, 0.3) is 0 Å². The van der Waals surface area contributed by atoms with Crippen LogP contribution in [-0.2, 0) is 0 Å². The van der Waals surface area contributed by atoms with Crippen molar-refractivity contribution in [3.05, 3.63) is 35.1 Å². The van der Waals surface area contributed by atoms with Crippen LogP contribution in [0.1, 0.15) is 30.1 Å². The Morgan fingerprint density at radius 1 is 1.32 bits per heavy atom. The Bertz CT molecular complexity index is 493. The molecule has 1 aliphatic heterocycles. The molecule has 1 aliphatic rings. The van der Waals surface area contributed by atoms with Crippen molar-refractivity contribution in [2.75, 3.05) is 6.54 Å². The topological polar surface area (TPSA) is 41.1 Å². The molecule has 0 spiro atoms. The predicted molar refractivity (Wildman–Crippen MR) is 64.3 cm³/mol. The minimum absolute atomic E-state index is 0.0612. The number of carbonyl (C=O) groups is 1. The molecule has 0 saturated carbocycles. The number of hydrogen-bond donors (Lipinski definition) is 2. The van der Waals surface area contributed by atoms with Crippen molar-refractivity contribution in [3.63, 3.8) is 0 Å². The molecule has 104 valence electrons. The molecule has 0 bridgehead atoms. The van der Waals surface area contributed by atoms with Crippen molar-refractivity contribution in [1.82, 2.24) is 10.6 Å². The first-order chi connectivity index (χ1) is 9.00. The summed E-state index contributed by atoms with van der Waals surface area (Å²) in [6.07, 6.45) is 1.67. The molecule has 2 rings (SSSR count). The highest BCUT2D eigenvalue weighted by Crippen LogP contribution is 2.16. The third kappa shape index (κ3) is 2.89. The molecule has 0 unspecified atom stereocenters. The summed E-state index contributed by atoms with van der Waals surface area (Å²) in [6, 6.07) is 1.61. The average molecular weight is 272 g/mol. The number of hydrogen-bond acceptors (Lipinski definition) is 2. The summed E-state index contributed by atoms with van der Waals surface area (Å²) in [4.78, 5) is 11.9. The fraction of sp³-hybridized carbons (Fsp3) is 0.462. The largest absolute Gasteiger partial charge is 0.348 e. The molecule has 1 amide bonds. The lowest BCUT2D eigenvalue weighted by Gasteiger charge is -2.30. The lowest BCUT2D eigenvalue weighted by molar-refractivity contribution is 0.0914. The maximum atomic E-state index is 13.5. The van der Waals surface area contributed by atoms with Crippen LogP contribution in [-0.4, -0.2) is 24.5 Å². The highest BCUT2D eigenvalue weighted by atomic mass is 19.2. The van der Waals surface area contributed by atoms with Gasteiger partial charge in [0.05, 0.1) is 5.56 Å². The van der Waals surface area contributed by atoms with Gasteiger partial charge < -0.3 is 10.6 Å². The van der Waals surface area contributed by atoms with Gasteiger partial charge in [0, 0.05) is 12.1 Å². The van der Waals surface area contributed by atoms with Crippen molar-refractivity contribution in [1.29, 1.82) is 0 Å². The highest BCUT2D eigenvalue weighted by Gasteiger charge is 2.25. The Morgan fingerprint density at radius 2 is 2.05 bits per heavy atom. The molecule has 1 fully saturated rings. The molecule has 1 aromatic rings. The standard InChI is InChI=1S/C13H15F3N2O/c1-7-10(3-2-6-17-7)18-13(19)8-4-5-9(14)12(16)11(8)15/h4-5,7,10,17H,2-3,6H2,1H3,(H,18,19)/t7-,10-/m1/s1. The predicted octanol–water partition coefficient (Wildman–Crippen LogP) is 1.97. The van der Waals surface area contributed by atoms with E-state index in [-0.39, 0.29) is 12.1 Å². The Labute approximate surface area is 109 Å². The number of benzene rings is 1. The van der Waals surface area contributed by atoms with E-state index < -0.39 is 28.9 Å². The third-order valence-corrected chi connectivity index (χ3v) is 3.36. The maximum Gasteiger partial charge on any atom is 0.254 e. The summed E-state index contributed by atoms with van der Waals surface area (Å²) in [7, 11) is 0. The average Bonchev–Trinajstić information content (AvgIpc) is 2.39. The van der Waals surface area contributed by atoms with Crippen LogP contribution in [0.5, 0.6) is 0 Å². The molecule has 3 nitrogen and oxygen atoms in total. The van der Waals surface area contributed by atoms with Gasteiger partial charge in [0.15, 0.2) is 17.5 Å². The zero-order valence-electron chi connectivity index (χ0n) is 10.5. The summed E-state index contributed by atoms with van der Waals surface area (Å²) in [6.45, 7) is 2.78. The fourth-order valence-electron chi connectivity index (χ4n) is 2.19. The second-order valence-corrected chi connectivity index (χ2v) is 4.69. The highest BCUT2D eigenvalue weighted by molar-refractivity contribution is 5.94. The Balaban J connectivity index is 2.14. The van der Waals surface area contributed by atoms with Crippen LogP contribution < -0.4 is 10.6 Å². The van der Waals surface area contributed by atoms with Gasteiger partial charge in [-0.15, -0.1) is 0 Å². The van der Waals surface area contributed by atoms with E-state index in [9.17, 15) is 18.0 Å². The van der Waals surface area contributed by atoms with Gasteiger partial charge in [-0.3, -0.25) is 4.79 Å². The van der Waals surface area contributed by atoms with E-state index >= 15 is 0 Å². The fourth-order valence-corrected chi connectivity index (χ4v) is 2.19. The Hall–Kier alpha value is -1.56. The smallest absolute Gasteiger partial charge is 0.254 e. The summed E-state index contributed by atoms with van der Waals surface area (Å²) >= 11 is 0. The number of amides is 1.